The average Bonchev–Trinajstić information content (AvgIpc) is 2.42. The number of nitrogens with zero attached hydrogens (tertiary/aromatic N) is 2. The lowest BCUT2D eigenvalue weighted by Crippen LogP contribution is -2.09. The minimum atomic E-state index is 0.100. The van der Waals surface area contributed by atoms with Crippen LogP contribution in [-0.4, -0.2) is 17.1 Å². The topological polar surface area (TPSA) is 47.0 Å². The van der Waals surface area contributed by atoms with E-state index >= 15 is 0 Å². The summed E-state index contributed by atoms with van der Waals surface area (Å²) in [4.78, 5) is 8.11. The summed E-state index contributed by atoms with van der Waals surface area (Å²) in [6, 6.07) is 10.5. The molecule has 0 saturated heterocycles. The predicted octanol–water partition coefficient (Wildman–Crippen LogP) is 3.31. The van der Waals surface area contributed by atoms with Gasteiger partial charge in [0.15, 0.2) is 5.82 Å². The molecule has 1 aromatic carbocycles. The molecule has 2 aromatic rings. The normalized spacial score (nSPS) is 11.9. The van der Waals surface area contributed by atoms with Crippen molar-refractivity contribution in [1.82, 2.24) is 9.97 Å². The summed E-state index contributed by atoms with van der Waals surface area (Å²) in [7, 11) is 1.52. The maximum absolute atomic E-state index is 6.04. The van der Waals surface area contributed by atoms with Gasteiger partial charge in [-0.05, 0) is 12.5 Å². The molecule has 5 heteroatoms. The van der Waals surface area contributed by atoms with Crippen LogP contribution in [0.1, 0.15) is 18.5 Å². The van der Waals surface area contributed by atoms with Crippen LogP contribution in [0, 0.1) is 0 Å². The first-order chi connectivity index (χ1) is 8.70. The molecule has 0 spiro atoms. The summed E-state index contributed by atoms with van der Waals surface area (Å²) in [6.45, 7) is 2.04. The van der Waals surface area contributed by atoms with E-state index in [1.54, 1.807) is 0 Å². The summed E-state index contributed by atoms with van der Waals surface area (Å²) in [5.41, 5.74) is 1.16. The summed E-state index contributed by atoms with van der Waals surface area (Å²) < 4.78 is 4.98. The molecular weight excluding hydrogens is 250 g/mol. The van der Waals surface area contributed by atoms with Gasteiger partial charge >= 0.3 is 6.01 Å². The molecule has 0 amide bonds. The zero-order chi connectivity index (χ0) is 13.0. The SMILES string of the molecule is COc1ncc(Cl)c(NC(C)c2ccccc2)n1. The maximum Gasteiger partial charge on any atom is 0.318 e. The Morgan fingerprint density at radius 3 is 2.67 bits per heavy atom. The first-order valence-corrected chi connectivity index (χ1v) is 5.96. The number of halogens is 1. The van der Waals surface area contributed by atoms with Crippen molar-refractivity contribution in [3.05, 3.63) is 47.1 Å². The van der Waals surface area contributed by atoms with Crippen LogP contribution in [0.15, 0.2) is 36.5 Å². The maximum atomic E-state index is 6.04. The van der Waals surface area contributed by atoms with Gasteiger partial charge in [0.1, 0.15) is 5.02 Å². The number of anilines is 1. The summed E-state index contributed by atoms with van der Waals surface area (Å²) in [5, 5.41) is 3.71. The molecule has 4 nitrogen and oxygen atoms in total. The number of hydrogen-bond donors (Lipinski definition) is 1. The van der Waals surface area contributed by atoms with Gasteiger partial charge in [0.05, 0.1) is 13.3 Å². The van der Waals surface area contributed by atoms with E-state index in [-0.39, 0.29) is 6.04 Å². The highest BCUT2D eigenvalue weighted by atomic mass is 35.5. The number of ether oxygens (including phenoxy) is 1. The molecule has 0 aliphatic heterocycles. The number of benzene rings is 1. The summed E-state index contributed by atoms with van der Waals surface area (Å²) in [6.07, 6.45) is 1.52. The van der Waals surface area contributed by atoms with Gasteiger partial charge in [-0.1, -0.05) is 41.9 Å². The highest BCUT2D eigenvalue weighted by Gasteiger charge is 2.10. The zero-order valence-electron chi connectivity index (χ0n) is 10.2. The fraction of sp³-hybridized carbons (Fsp3) is 0.231. The third kappa shape index (κ3) is 2.90. The van der Waals surface area contributed by atoms with E-state index in [9.17, 15) is 0 Å². The molecule has 94 valence electrons. The van der Waals surface area contributed by atoms with Gasteiger partial charge in [-0.3, -0.25) is 0 Å². The zero-order valence-corrected chi connectivity index (χ0v) is 11.0. The minimum Gasteiger partial charge on any atom is -0.467 e. The Balaban J connectivity index is 2.18. The van der Waals surface area contributed by atoms with Crippen LogP contribution >= 0.6 is 11.6 Å². The Morgan fingerprint density at radius 1 is 1.28 bits per heavy atom. The number of rotatable bonds is 4. The largest absolute Gasteiger partial charge is 0.467 e. The highest BCUT2D eigenvalue weighted by Crippen LogP contribution is 2.24. The van der Waals surface area contributed by atoms with Gasteiger partial charge in [-0.25, -0.2) is 4.98 Å². The first kappa shape index (κ1) is 12.6. The van der Waals surface area contributed by atoms with Crippen LogP contribution in [-0.2, 0) is 0 Å². The molecular formula is C13H14ClN3O. The lowest BCUT2D eigenvalue weighted by atomic mass is 10.1. The molecule has 0 fully saturated rings. The number of aromatic nitrogens is 2. The molecule has 0 bridgehead atoms. The van der Waals surface area contributed by atoms with Gasteiger partial charge in [0.2, 0.25) is 0 Å². The lowest BCUT2D eigenvalue weighted by Gasteiger charge is -2.15. The van der Waals surface area contributed by atoms with Crippen LogP contribution in [0.2, 0.25) is 5.02 Å². The molecule has 0 aliphatic rings. The fourth-order valence-electron chi connectivity index (χ4n) is 1.58. The Morgan fingerprint density at radius 2 is 2.00 bits per heavy atom. The van der Waals surface area contributed by atoms with Crippen LogP contribution in [0.5, 0.6) is 6.01 Å². The second-order valence-corrected chi connectivity index (χ2v) is 4.24. The van der Waals surface area contributed by atoms with E-state index in [0.717, 1.165) is 5.56 Å². The van der Waals surface area contributed by atoms with E-state index in [0.29, 0.717) is 16.9 Å². The molecule has 0 saturated carbocycles. The van der Waals surface area contributed by atoms with E-state index in [2.05, 4.69) is 15.3 Å². The van der Waals surface area contributed by atoms with Crippen molar-refractivity contribution in [1.29, 1.82) is 0 Å². The molecule has 1 atom stereocenters. The van der Waals surface area contributed by atoms with Gasteiger partial charge in [0.25, 0.3) is 0 Å². The van der Waals surface area contributed by atoms with E-state index in [4.69, 9.17) is 16.3 Å². The number of nitrogens with one attached hydrogen (secondary N) is 1. The smallest absolute Gasteiger partial charge is 0.318 e. The molecule has 0 aliphatic carbocycles. The van der Waals surface area contributed by atoms with Gasteiger partial charge in [-0.2, -0.15) is 4.98 Å². The first-order valence-electron chi connectivity index (χ1n) is 5.58. The second kappa shape index (κ2) is 5.69. The van der Waals surface area contributed by atoms with Gasteiger partial charge < -0.3 is 10.1 Å². The van der Waals surface area contributed by atoms with E-state index in [1.165, 1.54) is 13.3 Å². The van der Waals surface area contributed by atoms with E-state index in [1.807, 2.05) is 37.3 Å². The van der Waals surface area contributed by atoms with E-state index < -0.39 is 0 Å². The molecule has 1 unspecified atom stereocenters. The van der Waals surface area contributed by atoms with Crippen LogP contribution in [0.4, 0.5) is 5.82 Å². The third-order valence-electron chi connectivity index (χ3n) is 2.56. The minimum absolute atomic E-state index is 0.100. The van der Waals surface area contributed by atoms with Crippen molar-refractivity contribution < 1.29 is 4.74 Å². The number of hydrogen-bond acceptors (Lipinski definition) is 4. The Hall–Kier alpha value is -1.81. The fourth-order valence-corrected chi connectivity index (χ4v) is 1.73. The van der Waals surface area contributed by atoms with Crippen LogP contribution in [0.3, 0.4) is 0 Å². The Kier molecular flexibility index (Phi) is 3.99. The monoisotopic (exact) mass is 263 g/mol. The molecule has 1 N–H and O–H groups in total. The lowest BCUT2D eigenvalue weighted by molar-refractivity contribution is 0.380. The predicted molar refractivity (Wildman–Crippen MR) is 72.1 cm³/mol. The van der Waals surface area contributed by atoms with Crippen molar-refractivity contribution >= 4 is 17.4 Å². The highest BCUT2D eigenvalue weighted by molar-refractivity contribution is 6.32. The van der Waals surface area contributed by atoms with Crippen LogP contribution < -0.4 is 10.1 Å². The molecule has 18 heavy (non-hydrogen) atoms. The quantitative estimate of drug-likeness (QED) is 0.919. The van der Waals surface area contributed by atoms with Gasteiger partial charge in [-0.15, -0.1) is 0 Å². The van der Waals surface area contributed by atoms with Crippen molar-refractivity contribution in [3.63, 3.8) is 0 Å². The van der Waals surface area contributed by atoms with Gasteiger partial charge in [0, 0.05) is 6.04 Å². The molecule has 1 aromatic heterocycles. The summed E-state index contributed by atoms with van der Waals surface area (Å²) in [5.74, 6) is 0.569. The third-order valence-corrected chi connectivity index (χ3v) is 2.83. The molecule has 2 rings (SSSR count). The summed E-state index contributed by atoms with van der Waals surface area (Å²) >= 11 is 6.04. The van der Waals surface area contributed by atoms with Crippen molar-refractivity contribution in [2.24, 2.45) is 0 Å². The van der Waals surface area contributed by atoms with Crippen molar-refractivity contribution in [2.75, 3.05) is 12.4 Å². The van der Waals surface area contributed by atoms with Crippen molar-refractivity contribution in [3.8, 4) is 6.01 Å². The number of methoxy groups -OCH3 is 1. The molecule has 0 radical (unpaired) electrons. The average molecular weight is 264 g/mol. The second-order valence-electron chi connectivity index (χ2n) is 3.83. The molecule has 1 heterocycles. The van der Waals surface area contributed by atoms with Crippen molar-refractivity contribution in [2.45, 2.75) is 13.0 Å². The Bertz CT molecular complexity index is 519. The standard InChI is InChI=1S/C13H14ClN3O/c1-9(10-6-4-3-5-7-10)16-12-11(14)8-15-13(17-12)18-2/h3-9H,1-2H3,(H,15,16,17). The van der Waals surface area contributed by atoms with Crippen LogP contribution in [0.25, 0.3) is 0 Å². The Labute approximate surface area is 111 Å².